The summed E-state index contributed by atoms with van der Waals surface area (Å²) in [6, 6.07) is 5.00. The summed E-state index contributed by atoms with van der Waals surface area (Å²) in [5, 5.41) is 2.79. The fourth-order valence-corrected chi connectivity index (χ4v) is 4.82. The van der Waals surface area contributed by atoms with E-state index >= 15 is 0 Å². The van der Waals surface area contributed by atoms with Gasteiger partial charge in [-0.2, -0.15) is 0 Å². The predicted molar refractivity (Wildman–Crippen MR) is 120 cm³/mol. The second-order valence-electron chi connectivity index (χ2n) is 8.93. The van der Waals surface area contributed by atoms with Crippen molar-refractivity contribution in [1.29, 1.82) is 0 Å². The van der Waals surface area contributed by atoms with E-state index in [0.717, 1.165) is 38.8 Å². The number of anilines is 1. The maximum Gasteiger partial charge on any atom is 0.257 e. The van der Waals surface area contributed by atoms with Gasteiger partial charge in [-0.1, -0.05) is 6.92 Å². The van der Waals surface area contributed by atoms with E-state index in [1.54, 1.807) is 37.1 Å². The normalized spacial score (nSPS) is 25.7. The van der Waals surface area contributed by atoms with Crippen molar-refractivity contribution in [2.24, 2.45) is 0 Å². The van der Waals surface area contributed by atoms with E-state index in [9.17, 15) is 14.4 Å². The SMILES string of the molecule is CCC(=O)Nc1ccc2c(c1)C(=O)N(C)[C@@H]1CC[C@H](CC(=O)N3CCCCC3)O[C@@H]1CO2. The molecule has 4 rings (SSSR count). The number of amides is 3. The van der Waals surface area contributed by atoms with Crippen LogP contribution in [-0.4, -0.2) is 72.5 Å². The minimum atomic E-state index is -0.288. The summed E-state index contributed by atoms with van der Waals surface area (Å²) in [7, 11) is 1.79. The van der Waals surface area contributed by atoms with Crippen LogP contribution in [0.4, 0.5) is 5.69 Å². The van der Waals surface area contributed by atoms with Gasteiger partial charge in [0.1, 0.15) is 18.5 Å². The quantitative estimate of drug-likeness (QED) is 0.773. The topological polar surface area (TPSA) is 88.2 Å². The number of nitrogens with one attached hydrogen (secondary N) is 1. The zero-order valence-corrected chi connectivity index (χ0v) is 19.0. The summed E-state index contributed by atoms with van der Waals surface area (Å²) in [5.74, 6) is 0.374. The predicted octanol–water partition coefficient (Wildman–Crippen LogP) is 2.82. The molecule has 8 nitrogen and oxygen atoms in total. The molecule has 174 valence electrons. The smallest absolute Gasteiger partial charge is 0.257 e. The molecule has 2 saturated heterocycles. The van der Waals surface area contributed by atoms with Crippen LogP contribution in [-0.2, 0) is 14.3 Å². The third-order valence-electron chi connectivity index (χ3n) is 6.73. The van der Waals surface area contributed by atoms with Crippen molar-refractivity contribution in [3.8, 4) is 5.75 Å². The van der Waals surface area contributed by atoms with E-state index in [-0.39, 0.29) is 36.0 Å². The van der Waals surface area contributed by atoms with E-state index in [0.29, 0.717) is 36.4 Å². The van der Waals surface area contributed by atoms with Gasteiger partial charge in [-0.15, -0.1) is 0 Å². The maximum absolute atomic E-state index is 13.2. The molecule has 2 fully saturated rings. The number of benzene rings is 1. The zero-order chi connectivity index (χ0) is 22.7. The molecule has 1 aromatic carbocycles. The van der Waals surface area contributed by atoms with E-state index in [2.05, 4.69) is 5.32 Å². The van der Waals surface area contributed by atoms with E-state index in [1.807, 2.05) is 4.90 Å². The van der Waals surface area contributed by atoms with Gasteiger partial charge in [0.2, 0.25) is 11.8 Å². The van der Waals surface area contributed by atoms with Gasteiger partial charge in [-0.25, -0.2) is 0 Å². The monoisotopic (exact) mass is 443 g/mol. The van der Waals surface area contributed by atoms with Gasteiger partial charge >= 0.3 is 0 Å². The van der Waals surface area contributed by atoms with Crippen LogP contribution in [0.15, 0.2) is 18.2 Å². The van der Waals surface area contributed by atoms with Gasteiger partial charge in [0.05, 0.1) is 24.1 Å². The first kappa shape index (κ1) is 22.6. The average molecular weight is 444 g/mol. The zero-order valence-electron chi connectivity index (χ0n) is 19.0. The molecule has 0 radical (unpaired) electrons. The van der Waals surface area contributed by atoms with Crippen LogP contribution in [0.2, 0.25) is 0 Å². The number of nitrogens with zero attached hydrogens (tertiary/aromatic N) is 2. The molecular weight excluding hydrogens is 410 g/mol. The Morgan fingerprint density at radius 2 is 1.94 bits per heavy atom. The van der Waals surface area contributed by atoms with Crippen LogP contribution in [0, 0.1) is 0 Å². The number of carbonyl (C=O) groups is 3. The molecule has 3 amide bonds. The van der Waals surface area contributed by atoms with Gasteiger partial charge in [0.25, 0.3) is 5.91 Å². The number of carbonyl (C=O) groups excluding carboxylic acids is 3. The number of hydrogen-bond donors (Lipinski definition) is 1. The van der Waals surface area contributed by atoms with Crippen molar-refractivity contribution in [3.63, 3.8) is 0 Å². The van der Waals surface area contributed by atoms with Crippen LogP contribution in [0.1, 0.15) is 62.2 Å². The Morgan fingerprint density at radius 3 is 2.69 bits per heavy atom. The van der Waals surface area contributed by atoms with Gasteiger partial charge in [-0.3, -0.25) is 14.4 Å². The Kier molecular flexibility index (Phi) is 6.98. The van der Waals surface area contributed by atoms with Gasteiger partial charge in [0, 0.05) is 32.2 Å². The van der Waals surface area contributed by atoms with Crippen LogP contribution in [0.3, 0.4) is 0 Å². The molecule has 1 aromatic rings. The number of likely N-dealkylation sites (tertiary alicyclic amines) is 1. The molecule has 8 heteroatoms. The standard InChI is InChI=1S/C24H33N3O5/c1-3-22(28)25-16-7-10-20-18(13-16)24(30)26(2)19-9-8-17(32-21(19)15-31-20)14-23(29)27-11-5-4-6-12-27/h7,10,13,17,19,21H,3-6,8-9,11-12,14-15H2,1-2H3,(H,25,28)/t17-,19-,21-/m1/s1. The average Bonchev–Trinajstić information content (AvgIpc) is 2.82. The third kappa shape index (κ3) is 4.90. The van der Waals surface area contributed by atoms with E-state index in [4.69, 9.17) is 9.47 Å². The maximum atomic E-state index is 13.2. The summed E-state index contributed by atoms with van der Waals surface area (Å²) >= 11 is 0. The molecule has 0 spiro atoms. The molecule has 0 unspecified atom stereocenters. The van der Waals surface area contributed by atoms with Gasteiger partial charge < -0.3 is 24.6 Å². The number of hydrogen-bond acceptors (Lipinski definition) is 5. The van der Waals surface area contributed by atoms with Crippen molar-refractivity contribution in [2.45, 2.75) is 70.1 Å². The summed E-state index contributed by atoms with van der Waals surface area (Å²) in [6.07, 6.45) is 5.15. The molecule has 0 aromatic heterocycles. The Bertz CT molecular complexity index is 867. The highest BCUT2D eigenvalue weighted by molar-refractivity contribution is 5.99. The first-order valence-corrected chi connectivity index (χ1v) is 11.7. The lowest BCUT2D eigenvalue weighted by atomic mass is 9.94. The van der Waals surface area contributed by atoms with Crippen molar-refractivity contribution >= 4 is 23.4 Å². The minimum absolute atomic E-state index is 0.108. The molecule has 0 aliphatic carbocycles. The third-order valence-corrected chi connectivity index (χ3v) is 6.73. The van der Waals surface area contributed by atoms with Crippen molar-refractivity contribution in [1.82, 2.24) is 9.80 Å². The van der Waals surface area contributed by atoms with Crippen LogP contribution >= 0.6 is 0 Å². The molecular formula is C24H33N3O5. The highest BCUT2D eigenvalue weighted by Crippen LogP contribution is 2.32. The largest absolute Gasteiger partial charge is 0.490 e. The number of rotatable bonds is 4. The van der Waals surface area contributed by atoms with E-state index < -0.39 is 0 Å². The van der Waals surface area contributed by atoms with Crippen molar-refractivity contribution in [3.05, 3.63) is 23.8 Å². The molecule has 0 saturated carbocycles. The van der Waals surface area contributed by atoms with Crippen molar-refractivity contribution in [2.75, 3.05) is 32.1 Å². The Morgan fingerprint density at radius 1 is 1.16 bits per heavy atom. The molecule has 32 heavy (non-hydrogen) atoms. The summed E-state index contributed by atoms with van der Waals surface area (Å²) < 4.78 is 12.3. The molecule has 3 aliphatic rings. The first-order chi connectivity index (χ1) is 15.5. The van der Waals surface area contributed by atoms with E-state index in [1.165, 1.54) is 6.42 Å². The van der Waals surface area contributed by atoms with Gasteiger partial charge in [0.15, 0.2) is 0 Å². The second kappa shape index (κ2) is 9.90. The highest BCUT2D eigenvalue weighted by Gasteiger charge is 2.39. The summed E-state index contributed by atoms with van der Waals surface area (Å²) in [4.78, 5) is 41.3. The minimum Gasteiger partial charge on any atom is -0.490 e. The molecule has 0 bridgehead atoms. The summed E-state index contributed by atoms with van der Waals surface area (Å²) in [5.41, 5.74) is 1.01. The van der Waals surface area contributed by atoms with Gasteiger partial charge in [-0.05, 0) is 50.3 Å². The fraction of sp³-hybridized carbons (Fsp3) is 0.625. The molecule has 3 atom stereocenters. The number of ether oxygens (including phenoxy) is 2. The molecule has 3 heterocycles. The summed E-state index contributed by atoms with van der Waals surface area (Å²) in [6.45, 7) is 3.77. The Balaban J connectivity index is 1.44. The van der Waals surface area contributed by atoms with Crippen molar-refractivity contribution < 1.29 is 23.9 Å². The fourth-order valence-electron chi connectivity index (χ4n) is 4.82. The lowest BCUT2D eigenvalue weighted by molar-refractivity contribution is -0.143. The lowest BCUT2D eigenvalue weighted by Gasteiger charge is -2.42. The van der Waals surface area contributed by atoms with Crippen LogP contribution < -0.4 is 10.1 Å². The first-order valence-electron chi connectivity index (χ1n) is 11.7. The lowest BCUT2D eigenvalue weighted by Crippen LogP contribution is -2.54. The second-order valence-corrected chi connectivity index (χ2v) is 8.93. The Labute approximate surface area is 189 Å². The Hall–Kier alpha value is -2.61. The number of piperidine rings is 1. The highest BCUT2D eigenvalue weighted by atomic mass is 16.5. The molecule has 3 aliphatic heterocycles. The molecule has 1 N–H and O–H groups in total. The van der Waals surface area contributed by atoms with Crippen LogP contribution in [0.5, 0.6) is 5.75 Å². The van der Waals surface area contributed by atoms with Crippen LogP contribution in [0.25, 0.3) is 0 Å². The number of fused-ring (bicyclic) bond motifs is 2. The number of likely N-dealkylation sites (N-methyl/N-ethyl adjacent to an activating group) is 1.